The normalized spacial score (nSPS) is 37.8. The van der Waals surface area contributed by atoms with E-state index in [0.29, 0.717) is 12.5 Å². The molecule has 0 heterocycles. The monoisotopic (exact) mass is 382 g/mol. The first-order valence-corrected chi connectivity index (χ1v) is 11.4. The van der Waals surface area contributed by atoms with Crippen molar-refractivity contribution in [3.8, 4) is 0 Å². The van der Waals surface area contributed by atoms with Gasteiger partial charge in [-0.15, -0.1) is 0 Å². The van der Waals surface area contributed by atoms with Gasteiger partial charge in [0.05, 0.1) is 18.8 Å². The molecule has 0 aliphatic heterocycles. The Labute approximate surface area is 171 Å². The van der Waals surface area contributed by atoms with E-state index in [1.165, 1.54) is 31.2 Å². The molecule has 3 aliphatic rings. The van der Waals surface area contributed by atoms with Crippen LogP contribution >= 0.6 is 0 Å². The number of benzene rings is 1. The molecule has 2 fully saturated rings. The molecule has 0 unspecified atom stereocenters. The summed E-state index contributed by atoms with van der Waals surface area (Å²) in [5.41, 5.74) is 4.73. The molecule has 0 amide bonds. The first-order valence-electron chi connectivity index (χ1n) is 11.4. The van der Waals surface area contributed by atoms with Gasteiger partial charge in [-0.1, -0.05) is 68.7 Å². The molecule has 3 aliphatic carbocycles. The third kappa shape index (κ3) is 3.48. The Morgan fingerprint density at radius 3 is 2.54 bits per heavy atom. The molecule has 1 N–H and O–H groups in total. The van der Waals surface area contributed by atoms with Gasteiger partial charge in [0.25, 0.3) is 0 Å². The lowest BCUT2D eigenvalue weighted by atomic mass is 9.52. The van der Waals surface area contributed by atoms with E-state index < -0.39 is 0 Å². The highest BCUT2D eigenvalue weighted by molar-refractivity contribution is 5.27. The lowest BCUT2D eigenvalue weighted by Gasteiger charge is -2.56. The Balaban J connectivity index is 1.62. The summed E-state index contributed by atoms with van der Waals surface area (Å²) in [6, 6.07) is 10.5. The van der Waals surface area contributed by atoms with Crippen LogP contribution in [0.2, 0.25) is 0 Å². The molecular weight excluding hydrogens is 344 g/mol. The van der Waals surface area contributed by atoms with Crippen LogP contribution in [0.25, 0.3) is 0 Å². The maximum absolute atomic E-state index is 11.8. The van der Waals surface area contributed by atoms with Crippen LogP contribution in [0.1, 0.15) is 78.2 Å². The number of aliphatic hydroxyl groups excluding tert-OH is 1. The summed E-state index contributed by atoms with van der Waals surface area (Å²) in [6.45, 7) is 10.2. The summed E-state index contributed by atoms with van der Waals surface area (Å²) < 4.78 is 6.53. The zero-order valence-electron chi connectivity index (χ0n) is 18.2. The van der Waals surface area contributed by atoms with Crippen molar-refractivity contribution in [2.24, 2.45) is 22.7 Å². The third-order valence-corrected chi connectivity index (χ3v) is 8.53. The van der Waals surface area contributed by atoms with Gasteiger partial charge in [-0.3, -0.25) is 0 Å². The van der Waals surface area contributed by atoms with Crippen molar-refractivity contribution in [3.05, 3.63) is 47.0 Å². The van der Waals surface area contributed by atoms with Crippen LogP contribution in [0.15, 0.2) is 41.5 Å². The van der Waals surface area contributed by atoms with E-state index >= 15 is 0 Å². The third-order valence-electron chi connectivity index (χ3n) is 8.53. The van der Waals surface area contributed by atoms with E-state index in [1.54, 1.807) is 11.1 Å². The van der Waals surface area contributed by atoms with Crippen molar-refractivity contribution in [1.82, 2.24) is 0 Å². The van der Waals surface area contributed by atoms with Crippen LogP contribution < -0.4 is 0 Å². The second-order valence-electron chi connectivity index (χ2n) is 10.5. The Bertz CT molecular complexity index is 719. The van der Waals surface area contributed by atoms with Crippen LogP contribution in [-0.2, 0) is 11.3 Å². The van der Waals surface area contributed by atoms with Crippen LogP contribution in [0.3, 0.4) is 0 Å². The van der Waals surface area contributed by atoms with E-state index in [2.05, 4.69) is 58.0 Å². The summed E-state index contributed by atoms with van der Waals surface area (Å²) in [6.07, 6.45) is 8.05. The van der Waals surface area contributed by atoms with Gasteiger partial charge >= 0.3 is 0 Å². The van der Waals surface area contributed by atoms with Crippen LogP contribution in [0, 0.1) is 22.7 Å². The van der Waals surface area contributed by atoms with Crippen LogP contribution in [0.5, 0.6) is 0 Å². The van der Waals surface area contributed by atoms with Gasteiger partial charge in [-0.05, 0) is 67.8 Å². The highest BCUT2D eigenvalue weighted by Gasteiger charge is 2.54. The SMILES string of the molecule is CC1=C2CC[C@]3(C)CCC[C@@H](OCc4ccccc4)[C@H]3[C@@H](O)[C@H](CC1)C2(C)C. The first-order chi connectivity index (χ1) is 13.3. The zero-order valence-corrected chi connectivity index (χ0v) is 18.2. The minimum absolute atomic E-state index is 0.102. The maximum atomic E-state index is 11.8. The smallest absolute Gasteiger partial charge is 0.0720 e. The Kier molecular flexibility index (Phi) is 5.48. The van der Waals surface area contributed by atoms with E-state index in [4.69, 9.17) is 4.74 Å². The summed E-state index contributed by atoms with van der Waals surface area (Å²) in [7, 11) is 0. The zero-order chi connectivity index (χ0) is 19.9. The van der Waals surface area contributed by atoms with Crippen LogP contribution in [-0.4, -0.2) is 17.3 Å². The topological polar surface area (TPSA) is 29.5 Å². The lowest BCUT2D eigenvalue weighted by Crippen LogP contribution is -2.55. The number of aliphatic hydroxyl groups is 1. The summed E-state index contributed by atoms with van der Waals surface area (Å²) in [5, 5.41) is 11.8. The standard InChI is InChI=1S/C26H38O2/c1-18-12-13-21-24(27)23-22(28-17-19-9-6-5-7-10-19)11-8-15-26(23,4)16-14-20(18)25(21,2)3/h5-7,9-10,21-24,27H,8,11-17H2,1-4H3/t21-,22+,23-,24-,26-/m0/s1. The number of ether oxygens (including phenoxy) is 1. The maximum Gasteiger partial charge on any atom is 0.0720 e. The van der Waals surface area contributed by atoms with Crippen molar-refractivity contribution in [3.63, 3.8) is 0 Å². The van der Waals surface area contributed by atoms with E-state index in [0.717, 1.165) is 19.3 Å². The minimum Gasteiger partial charge on any atom is -0.392 e. The molecule has 2 saturated carbocycles. The van der Waals surface area contributed by atoms with Crippen molar-refractivity contribution < 1.29 is 9.84 Å². The van der Waals surface area contributed by atoms with Crippen molar-refractivity contribution in [2.45, 2.75) is 91.5 Å². The van der Waals surface area contributed by atoms with Crippen molar-refractivity contribution in [2.75, 3.05) is 0 Å². The number of fused-ring (bicyclic) bond motifs is 3. The predicted octanol–water partition coefficient (Wildman–Crippen LogP) is 6.29. The predicted molar refractivity (Wildman–Crippen MR) is 115 cm³/mol. The number of hydrogen-bond acceptors (Lipinski definition) is 2. The van der Waals surface area contributed by atoms with Gasteiger partial charge in [0, 0.05) is 5.92 Å². The molecule has 28 heavy (non-hydrogen) atoms. The number of rotatable bonds is 3. The molecular formula is C26H38O2. The number of hydrogen-bond donors (Lipinski definition) is 1. The first kappa shape index (κ1) is 20.2. The van der Waals surface area contributed by atoms with Gasteiger partial charge in [-0.2, -0.15) is 0 Å². The fraction of sp³-hybridized carbons (Fsp3) is 0.692. The fourth-order valence-electron chi connectivity index (χ4n) is 6.84. The summed E-state index contributed by atoms with van der Waals surface area (Å²) >= 11 is 0. The van der Waals surface area contributed by atoms with Crippen molar-refractivity contribution in [1.29, 1.82) is 0 Å². The molecule has 2 heteroatoms. The largest absolute Gasteiger partial charge is 0.392 e. The molecule has 0 saturated heterocycles. The van der Waals surface area contributed by atoms with E-state index in [9.17, 15) is 5.11 Å². The summed E-state index contributed by atoms with van der Waals surface area (Å²) in [5.74, 6) is 0.589. The molecule has 5 atom stereocenters. The van der Waals surface area contributed by atoms with Gasteiger partial charge in [0.2, 0.25) is 0 Å². The summed E-state index contributed by atoms with van der Waals surface area (Å²) in [4.78, 5) is 0. The molecule has 2 nitrogen and oxygen atoms in total. The van der Waals surface area contributed by atoms with Crippen LogP contribution in [0.4, 0.5) is 0 Å². The van der Waals surface area contributed by atoms with Gasteiger partial charge in [0.1, 0.15) is 0 Å². The second-order valence-corrected chi connectivity index (χ2v) is 10.5. The molecule has 0 spiro atoms. The average Bonchev–Trinajstić information content (AvgIpc) is 2.65. The Morgan fingerprint density at radius 1 is 1.04 bits per heavy atom. The highest BCUT2D eigenvalue weighted by atomic mass is 16.5. The number of allylic oxidation sites excluding steroid dienone is 2. The molecule has 2 bridgehead atoms. The molecule has 0 radical (unpaired) electrons. The van der Waals surface area contributed by atoms with E-state index in [-0.39, 0.29) is 29.0 Å². The van der Waals surface area contributed by atoms with Gasteiger partial charge < -0.3 is 9.84 Å². The minimum atomic E-state index is -0.274. The molecule has 1 aromatic rings. The van der Waals surface area contributed by atoms with Gasteiger partial charge in [0.15, 0.2) is 0 Å². The average molecular weight is 383 g/mol. The molecule has 1 aromatic carbocycles. The lowest BCUT2D eigenvalue weighted by molar-refractivity contribution is -0.152. The van der Waals surface area contributed by atoms with Gasteiger partial charge in [-0.25, -0.2) is 0 Å². The van der Waals surface area contributed by atoms with Crippen molar-refractivity contribution >= 4 is 0 Å². The quantitative estimate of drug-likeness (QED) is 0.623. The Morgan fingerprint density at radius 2 is 1.79 bits per heavy atom. The fourth-order valence-corrected chi connectivity index (χ4v) is 6.84. The Hall–Kier alpha value is -1.12. The molecule has 4 rings (SSSR count). The second kappa shape index (κ2) is 7.61. The highest BCUT2D eigenvalue weighted by Crippen LogP contribution is 2.58. The molecule has 154 valence electrons. The molecule has 0 aromatic heterocycles. The van der Waals surface area contributed by atoms with E-state index in [1.807, 2.05) is 0 Å².